The third kappa shape index (κ3) is 5.11. The Hall–Kier alpha value is -0.330. The molecule has 1 heterocycles. The molecule has 0 radical (unpaired) electrons. The van der Waals surface area contributed by atoms with E-state index in [-0.39, 0.29) is 18.6 Å². The lowest BCUT2D eigenvalue weighted by Crippen LogP contribution is -2.46. The van der Waals surface area contributed by atoms with Crippen molar-refractivity contribution in [1.82, 2.24) is 4.90 Å². The van der Waals surface area contributed by atoms with Crippen LogP contribution in [0.5, 0.6) is 0 Å². The number of likely N-dealkylation sites (tertiary alicyclic amines) is 1. The van der Waals surface area contributed by atoms with Gasteiger partial charge in [-0.15, -0.1) is 0 Å². The second-order valence-electron chi connectivity index (χ2n) is 6.31. The zero-order valence-electron chi connectivity index (χ0n) is 12.6. The molecule has 1 saturated carbocycles. The highest BCUT2D eigenvalue weighted by molar-refractivity contribution is 4.86. The van der Waals surface area contributed by atoms with Gasteiger partial charge in [-0.3, -0.25) is 0 Å². The molecule has 2 aliphatic rings. The molecule has 3 nitrogen and oxygen atoms in total. The lowest BCUT2D eigenvalue weighted by molar-refractivity contribution is -0.187. The Morgan fingerprint density at radius 2 is 1.81 bits per heavy atom. The second kappa shape index (κ2) is 7.79. The maximum Gasteiger partial charge on any atom is 0.391 e. The maximum absolute atomic E-state index is 12.9. The van der Waals surface area contributed by atoms with Crippen molar-refractivity contribution in [2.45, 2.75) is 63.3 Å². The number of ether oxygens (including phenoxy) is 1. The lowest BCUT2D eigenvalue weighted by atomic mass is 9.84. The highest BCUT2D eigenvalue weighted by Crippen LogP contribution is 2.39. The number of halogens is 3. The predicted octanol–water partition coefficient (Wildman–Crippen LogP) is 2.94. The van der Waals surface area contributed by atoms with Gasteiger partial charge in [-0.05, 0) is 45.1 Å². The first-order valence-corrected chi connectivity index (χ1v) is 8.13. The van der Waals surface area contributed by atoms with Gasteiger partial charge in [0.25, 0.3) is 0 Å². The second-order valence-corrected chi connectivity index (χ2v) is 6.31. The van der Waals surface area contributed by atoms with Crippen LogP contribution in [0.3, 0.4) is 0 Å². The Labute approximate surface area is 125 Å². The molecule has 2 unspecified atom stereocenters. The molecule has 2 fully saturated rings. The van der Waals surface area contributed by atoms with Crippen molar-refractivity contribution in [3.8, 4) is 0 Å². The van der Waals surface area contributed by atoms with E-state index in [9.17, 15) is 13.2 Å². The van der Waals surface area contributed by atoms with E-state index >= 15 is 0 Å². The van der Waals surface area contributed by atoms with E-state index in [2.05, 4.69) is 4.90 Å². The van der Waals surface area contributed by atoms with Crippen molar-refractivity contribution in [1.29, 1.82) is 0 Å². The Bertz CT molecular complexity index is 304. The van der Waals surface area contributed by atoms with Crippen molar-refractivity contribution >= 4 is 0 Å². The summed E-state index contributed by atoms with van der Waals surface area (Å²) >= 11 is 0. The molecule has 1 aliphatic carbocycles. The van der Waals surface area contributed by atoms with Crippen LogP contribution in [0.4, 0.5) is 13.2 Å². The van der Waals surface area contributed by atoms with Crippen LogP contribution in [0, 0.1) is 5.92 Å². The molecule has 2 atom stereocenters. The molecule has 0 amide bonds. The monoisotopic (exact) mass is 308 g/mol. The molecular weight excluding hydrogens is 281 g/mol. The van der Waals surface area contributed by atoms with Gasteiger partial charge in [0.15, 0.2) is 0 Å². The van der Waals surface area contributed by atoms with E-state index in [1.165, 1.54) is 0 Å². The fraction of sp³-hybridized carbons (Fsp3) is 1.00. The van der Waals surface area contributed by atoms with Crippen molar-refractivity contribution in [3.63, 3.8) is 0 Å². The minimum absolute atomic E-state index is 0.107. The number of rotatable bonds is 5. The molecule has 21 heavy (non-hydrogen) atoms. The Morgan fingerprint density at radius 1 is 1.10 bits per heavy atom. The number of hydrogen-bond donors (Lipinski definition) is 1. The number of piperidine rings is 1. The van der Waals surface area contributed by atoms with Crippen LogP contribution in [0.25, 0.3) is 0 Å². The van der Waals surface area contributed by atoms with Crippen LogP contribution in [-0.2, 0) is 4.74 Å². The minimum atomic E-state index is -4.03. The summed E-state index contributed by atoms with van der Waals surface area (Å²) in [6, 6.07) is 0.107. The van der Waals surface area contributed by atoms with Crippen LogP contribution in [-0.4, -0.2) is 49.5 Å². The summed E-state index contributed by atoms with van der Waals surface area (Å²) in [5.74, 6) is -1.10. The maximum atomic E-state index is 12.9. The molecule has 6 heteroatoms. The van der Waals surface area contributed by atoms with Gasteiger partial charge in [0.1, 0.15) is 0 Å². The van der Waals surface area contributed by atoms with E-state index in [4.69, 9.17) is 10.5 Å². The normalized spacial score (nSPS) is 29.7. The molecule has 0 spiro atoms. The smallest absolute Gasteiger partial charge is 0.378 e. The number of nitrogens with two attached hydrogens (primary N) is 1. The molecular formula is C15H27F3N2O. The van der Waals surface area contributed by atoms with Crippen molar-refractivity contribution in [3.05, 3.63) is 0 Å². The third-order valence-corrected chi connectivity index (χ3v) is 4.80. The van der Waals surface area contributed by atoms with Gasteiger partial charge in [-0.1, -0.05) is 6.42 Å². The predicted molar refractivity (Wildman–Crippen MR) is 76.0 cm³/mol. The van der Waals surface area contributed by atoms with Crippen LogP contribution in [0.1, 0.15) is 44.9 Å². The summed E-state index contributed by atoms with van der Waals surface area (Å²) in [7, 11) is 0. The van der Waals surface area contributed by atoms with E-state index in [1.54, 1.807) is 0 Å². The van der Waals surface area contributed by atoms with E-state index in [1.807, 2.05) is 0 Å². The molecule has 1 saturated heterocycles. The standard InChI is InChI=1S/C15H27F3N2O/c16-15(17,18)12-3-1-4-13(11-12)20-8-5-14(6-9-20)21-10-2-7-19/h12-14H,1-11,19H2. The Morgan fingerprint density at radius 3 is 2.43 bits per heavy atom. The van der Waals surface area contributed by atoms with Gasteiger partial charge in [0.05, 0.1) is 12.0 Å². The summed E-state index contributed by atoms with van der Waals surface area (Å²) in [5.41, 5.74) is 5.43. The first-order valence-electron chi connectivity index (χ1n) is 8.13. The van der Waals surface area contributed by atoms with Gasteiger partial charge >= 0.3 is 6.18 Å². The topological polar surface area (TPSA) is 38.5 Å². The van der Waals surface area contributed by atoms with Gasteiger partial charge in [0, 0.05) is 25.7 Å². The van der Waals surface area contributed by atoms with Gasteiger partial charge in [-0.25, -0.2) is 0 Å². The average molecular weight is 308 g/mol. The molecule has 0 aromatic heterocycles. The highest BCUT2D eigenvalue weighted by Gasteiger charge is 2.43. The van der Waals surface area contributed by atoms with Crippen LogP contribution >= 0.6 is 0 Å². The van der Waals surface area contributed by atoms with Crippen molar-refractivity contribution in [2.75, 3.05) is 26.2 Å². The fourth-order valence-electron chi connectivity index (χ4n) is 3.53. The van der Waals surface area contributed by atoms with Gasteiger partial charge in [0.2, 0.25) is 0 Å². The van der Waals surface area contributed by atoms with E-state index in [0.717, 1.165) is 38.8 Å². The number of nitrogens with zero attached hydrogens (tertiary/aromatic N) is 1. The molecule has 2 rings (SSSR count). The Balaban J connectivity index is 1.74. The SMILES string of the molecule is NCCCOC1CCN(C2CCCC(C(F)(F)F)C2)CC1. The molecule has 2 N–H and O–H groups in total. The van der Waals surface area contributed by atoms with E-state index in [0.29, 0.717) is 26.0 Å². The minimum Gasteiger partial charge on any atom is -0.378 e. The van der Waals surface area contributed by atoms with Crippen LogP contribution in [0.2, 0.25) is 0 Å². The number of hydrogen-bond acceptors (Lipinski definition) is 3. The number of alkyl halides is 3. The fourth-order valence-corrected chi connectivity index (χ4v) is 3.53. The van der Waals surface area contributed by atoms with Gasteiger partial charge < -0.3 is 15.4 Å². The molecule has 0 aromatic carbocycles. The summed E-state index contributed by atoms with van der Waals surface area (Å²) in [6.07, 6.45) is 1.15. The average Bonchev–Trinajstić information content (AvgIpc) is 2.47. The first kappa shape index (κ1) is 17.0. The molecule has 0 aromatic rings. The Kier molecular flexibility index (Phi) is 6.32. The molecule has 1 aliphatic heterocycles. The third-order valence-electron chi connectivity index (χ3n) is 4.80. The lowest BCUT2D eigenvalue weighted by Gasteiger charge is -2.41. The summed E-state index contributed by atoms with van der Waals surface area (Å²) in [5, 5.41) is 0. The summed E-state index contributed by atoms with van der Waals surface area (Å²) in [4.78, 5) is 2.25. The van der Waals surface area contributed by atoms with Crippen LogP contribution < -0.4 is 5.73 Å². The van der Waals surface area contributed by atoms with Gasteiger partial charge in [-0.2, -0.15) is 13.2 Å². The van der Waals surface area contributed by atoms with Crippen molar-refractivity contribution < 1.29 is 17.9 Å². The van der Waals surface area contributed by atoms with Crippen LogP contribution in [0.15, 0.2) is 0 Å². The summed E-state index contributed by atoms with van der Waals surface area (Å²) < 4.78 is 44.4. The van der Waals surface area contributed by atoms with Crippen molar-refractivity contribution in [2.24, 2.45) is 11.7 Å². The largest absolute Gasteiger partial charge is 0.391 e. The zero-order chi connectivity index (χ0) is 15.3. The quantitative estimate of drug-likeness (QED) is 0.794. The van der Waals surface area contributed by atoms with E-state index < -0.39 is 12.1 Å². The zero-order valence-corrected chi connectivity index (χ0v) is 12.6. The molecule has 0 bridgehead atoms. The first-order chi connectivity index (χ1) is 10.0. The molecule has 124 valence electrons. The summed E-state index contributed by atoms with van der Waals surface area (Å²) in [6.45, 7) is 3.06. The highest BCUT2D eigenvalue weighted by atomic mass is 19.4.